The van der Waals surface area contributed by atoms with Gasteiger partial charge in [-0.3, -0.25) is 4.79 Å². The van der Waals surface area contributed by atoms with Crippen LogP contribution in [0.25, 0.3) is 0 Å². The van der Waals surface area contributed by atoms with Crippen LogP contribution in [0.3, 0.4) is 0 Å². The van der Waals surface area contributed by atoms with Crippen molar-refractivity contribution in [1.82, 2.24) is 5.32 Å². The fraction of sp³-hybridized carbons (Fsp3) is 0.278. The van der Waals surface area contributed by atoms with Crippen LogP contribution < -0.4 is 10.6 Å². The first-order valence-corrected chi connectivity index (χ1v) is 7.22. The van der Waals surface area contributed by atoms with Crippen molar-refractivity contribution in [1.29, 1.82) is 0 Å². The number of hydrogen-bond donors (Lipinski definition) is 2. The molecule has 0 aliphatic carbocycles. The average Bonchev–Trinajstić information content (AvgIpc) is 2.50. The highest BCUT2D eigenvalue weighted by Crippen LogP contribution is 2.17. The molecule has 0 fully saturated rings. The summed E-state index contributed by atoms with van der Waals surface area (Å²) in [5, 5.41) is 6.20. The molecule has 0 unspecified atom stereocenters. The summed E-state index contributed by atoms with van der Waals surface area (Å²) in [6.45, 7) is 6.41. The van der Waals surface area contributed by atoms with Crippen LogP contribution in [-0.4, -0.2) is 12.5 Å². The van der Waals surface area contributed by atoms with Crippen LogP contribution in [0.5, 0.6) is 0 Å². The molecule has 2 aromatic rings. The van der Waals surface area contributed by atoms with Crippen LogP contribution in [0.15, 0.2) is 48.5 Å². The van der Waals surface area contributed by atoms with Crippen LogP contribution in [0.4, 0.5) is 5.69 Å². The van der Waals surface area contributed by atoms with Crippen molar-refractivity contribution in [3.8, 4) is 0 Å². The molecule has 2 rings (SSSR count). The molecule has 1 amide bonds. The first-order chi connectivity index (χ1) is 10.1. The van der Waals surface area contributed by atoms with E-state index in [1.54, 1.807) is 0 Å². The largest absolute Gasteiger partial charge is 0.325 e. The Balaban J connectivity index is 1.89. The zero-order valence-electron chi connectivity index (χ0n) is 12.8. The van der Waals surface area contributed by atoms with Gasteiger partial charge in [-0.1, -0.05) is 42.5 Å². The zero-order chi connectivity index (χ0) is 15.2. The minimum atomic E-state index is -0.0218. The lowest BCUT2D eigenvalue weighted by molar-refractivity contribution is -0.115. The van der Waals surface area contributed by atoms with Crippen LogP contribution >= 0.6 is 0 Å². The van der Waals surface area contributed by atoms with Gasteiger partial charge in [0.15, 0.2) is 0 Å². The zero-order valence-corrected chi connectivity index (χ0v) is 12.8. The minimum absolute atomic E-state index is 0.0218. The van der Waals surface area contributed by atoms with Gasteiger partial charge in [0, 0.05) is 11.7 Å². The Morgan fingerprint density at radius 3 is 2.48 bits per heavy atom. The maximum atomic E-state index is 12.0. The van der Waals surface area contributed by atoms with Gasteiger partial charge < -0.3 is 10.6 Å². The third kappa shape index (κ3) is 4.17. The number of amides is 1. The number of carbonyl (C=O) groups is 1. The third-order valence-corrected chi connectivity index (χ3v) is 3.75. The summed E-state index contributed by atoms with van der Waals surface area (Å²) in [7, 11) is 0. The molecule has 2 aromatic carbocycles. The molecule has 0 radical (unpaired) electrons. The lowest BCUT2D eigenvalue weighted by Gasteiger charge is -2.15. The van der Waals surface area contributed by atoms with E-state index in [-0.39, 0.29) is 11.9 Å². The predicted molar refractivity (Wildman–Crippen MR) is 87.4 cm³/mol. The molecule has 0 aromatic heterocycles. The van der Waals surface area contributed by atoms with Gasteiger partial charge in [0.25, 0.3) is 0 Å². The third-order valence-electron chi connectivity index (χ3n) is 3.75. The van der Waals surface area contributed by atoms with Gasteiger partial charge in [-0.05, 0) is 43.5 Å². The van der Waals surface area contributed by atoms with E-state index in [1.165, 1.54) is 11.1 Å². The molecule has 0 bridgehead atoms. The minimum Gasteiger partial charge on any atom is -0.325 e. The molecule has 3 heteroatoms. The number of benzene rings is 2. The van der Waals surface area contributed by atoms with Gasteiger partial charge in [-0.15, -0.1) is 0 Å². The van der Waals surface area contributed by atoms with Gasteiger partial charge in [0.2, 0.25) is 5.91 Å². The molecular weight excluding hydrogens is 260 g/mol. The topological polar surface area (TPSA) is 41.1 Å². The van der Waals surface area contributed by atoms with Crippen molar-refractivity contribution in [3.63, 3.8) is 0 Å². The maximum absolute atomic E-state index is 12.0. The first kappa shape index (κ1) is 15.3. The lowest BCUT2D eigenvalue weighted by Crippen LogP contribution is -2.30. The maximum Gasteiger partial charge on any atom is 0.238 e. The normalized spacial score (nSPS) is 12.0. The molecular formula is C18H22N2O. The Kier molecular flexibility index (Phi) is 5.12. The average molecular weight is 282 g/mol. The van der Waals surface area contributed by atoms with E-state index in [9.17, 15) is 4.79 Å². The summed E-state index contributed by atoms with van der Waals surface area (Å²) in [5.74, 6) is -0.0218. The summed E-state index contributed by atoms with van der Waals surface area (Å²) in [4.78, 5) is 12.0. The second-order valence-electron chi connectivity index (χ2n) is 5.31. The standard InChI is InChI=1S/C18H22N2O/c1-13-8-7-11-17(14(13)2)20-18(21)12-19-15(3)16-9-5-4-6-10-16/h4-11,15,19H,12H2,1-3H3,(H,20,21)/t15-/m0/s1. The number of nitrogens with one attached hydrogen (secondary N) is 2. The SMILES string of the molecule is Cc1cccc(NC(=O)CN[C@@H](C)c2ccccc2)c1C. The number of carbonyl (C=O) groups excluding carboxylic acids is 1. The van der Waals surface area contributed by atoms with Crippen LogP contribution in [0, 0.1) is 13.8 Å². The highest BCUT2D eigenvalue weighted by atomic mass is 16.1. The van der Waals surface area contributed by atoms with Gasteiger partial charge in [-0.2, -0.15) is 0 Å². The van der Waals surface area contributed by atoms with E-state index < -0.39 is 0 Å². The summed E-state index contributed by atoms with van der Waals surface area (Å²) in [5.41, 5.74) is 4.35. The lowest BCUT2D eigenvalue weighted by atomic mass is 10.1. The van der Waals surface area contributed by atoms with Gasteiger partial charge in [0.05, 0.1) is 6.54 Å². The number of aryl methyl sites for hydroxylation is 1. The molecule has 0 spiro atoms. The fourth-order valence-electron chi connectivity index (χ4n) is 2.19. The van der Waals surface area contributed by atoms with Crippen molar-refractivity contribution in [2.24, 2.45) is 0 Å². The van der Waals surface area contributed by atoms with E-state index in [4.69, 9.17) is 0 Å². The van der Waals surface area contributed by atoms with Crippen molar-refractivity contribution in [3.05, 3.63) is 65.2 Å². The Morgan fingerprint density at radius 2 is 1.76 bits per heavy atom. The Morgan fingerprint density at radius 1 is 1.05 bits per heavy atom. The van der Waals surface area contributed by atoms with E-state index in [2.05, 4.69) is 29.7 Å². The Hall–Kier alpha value is -2.13. The van der Waals surface area contributed by atoms with Crippen LogP contribution in [-0.2, 0) is 4.79 Å². The second-order valence-corrected chi connectivity index (χ2v) is 5.31. The first-order valence-electron chi connectivity index (χ1n) is 7.22. The second kappa shape index (κ2) is 7.04. The summed E-state index contributed by atoms with van der Waals surface area (Å²) in [6.07, 6.45) is 0. The molecule has 0 saturated heterocycles. The highest BCUT2D eigenvalue weighted by Gasteiger charge is 2.09. The highest BCUT2D eigenvalue weighted by molar-refractivity contribution is 5.93. The fourth-order valence-corrected chi connectivity index (χ4v) is 2.19. The molecule has 0 saturated carbocycles. The quantitative estimate of drug-likeness (QED) is 0.880. The van der Waals surface area contributed by atoms with E-state index in [1.807, 2.05) is 50.2 Å². The number of rotatable bonds is 5. The molecule has 0 aliphatic heterocycles. The van der Waals surface area contributed by atoms with E-state index in [0.29, 0.717) is 6.54 Å². The molecule has 0 heterocycles. The van der Waals surface area contributed by atoms with E-state index in [0.717, 1.165) is 11.3 Å². The van der Waals surface area contributed by atoms with Crippen molar-refractivity contribution in [2.75, 3.05) is 11.9 Å². The predicted octanol–water partition coefficient (Wildman–Crippen LogP) is 3.59. The number of anilines is 1. The van der Waals surface area contributed by atoms with Gasteiger partial charge in [0.1, 0.15) is 0 Å². The van der Waals surface area contributed by atoms with Gasteiger partial charge >= 0.3 is 0 Å². The van der Waals surface area contributed by atoms with Crippen molar-refractivity contribution in [2.45, 2.75) is 26.8 Å². The molecule has 110 valence electrons. The van der Waals surface area contributed by atoms with Crippen molar-refractivity contribution >= 4 is 11.6 Å². The molecule has 21 heavy (non-hydrogen) atoms. The number of hydrogen-bond acceptors (Lipinski definition) is 2. The van der Waals surface area contributed by atoms with Crippen LogP contribution in [0.2, 0.25) is 0 Å². The molecule has 1 atom stereocenters. The molecule has 2 N–H and O–H groups in total. The summed E-state index contributed by atoms with van der Waals surface area (Å²) >= 11 is 0. The van der Waals surface area contributed by atoms with E-state index >= 15 is 0 Å². The molecule has 0 aliphatic rings. The van der Waals surface area contributed by atoms with Gasteiger partial charge in [-0.25, -0.2) is 0 Å². The molecule has 3 nitrogen and oxygen atoms in total. The van der Waals surface area contributed by atoms with Crippen LogP contribution in [0.1, 0.15) is 29.7 Å². The summed E-state index contributed by atoms with van der Waals surface area (Å²) in [6, 6.07) is 16.2. The Labute approximate surface area is 126 Å². The monoisotopic (exact) mass is 282 g/mol. The summed E-state index contributed by atoms with van der Waals surface area (Å²) < 4.78 is 0. The smallest absolute Gasteiger partial charge is 0.238 e. The van der Waals surface area contributed by atoms with Crippen molar-refractivity contribution < 1.29 is 4.79 Å². The Bertz CT molecular complexity index is 608.